The van der Waals surface area contributed by atoms with Crippen LogP contribution in [0.25, 0.3) is 10.9 Å². The van der Waals surface area contributed by atoms with Gasteiger partial charge in [-0.1, -0.05) is 42.5 Å². The van der Waals surface area contributed by atoms with Gasteiger partial charge in [0.05, 0.1) is 20.8 Å². The van der Waals surface area contributed by atoms with Gasteiger partial charge in [-0.3, -0.25) is 4.79 Å². The van der Waals surface area contributed by atoms with Gasteiger partial charge in [0.15, 0.2) is 0 Å². The number of fused-ring (bicyclic) bond motifs is 1. The highest BCUT2D eigenvalue weighted by atomic mass is 16.5. The van der Waals surface area contributed by atoms with Gasteiger partial charge in [0.1, 0.15) is 18.0 Å². The van der Waals surface area contributed by atoms with Crippen LogP contribution in [0.3, 0.4) is 0 Å². The molecule has 0 radical (unpaired) electrons. The second-order valence-electron chi connectivity index (χ2n) is 9.31. The number of anilines is 1. The molecule has 40 heavy (non-hydrogen) atoms. The van der Waals surface area contributed by atoms with E-state index in [1.54, 1.807) is 50.5 Å². The van der Waals surface area contributed by atoms with Crippen molar-refractivity contribution in [3.63, 3.8) is 0 Å². The number of nitrogens with one attached hydrogen (secondary N) is 2. The summed E-state index contributed by atoms with van der Waals surface area (Å²) in [5.74, 6) is 1.15. The van der Waals surface area contributed by atoms with Gasteiger partial charge in [0.25, 0.3) is 0 Å². The summed E-state index contributed by atoms with van der Waals surface area (Å²) in [5.41, 5.74) is 3.64. The summed E-state index contributed by atoms with van der Waals surface area (Å²) in [5, 5.41) is 4.00. The second-order valence-corrected chi connectivity index (χ2v) is 9.31. The Hall–Kier alpha value is -4.50. The Kier molecular flexibility index (Phi) is 10.0. The molecule has 3 amide bonds. The lowest BCUT2D eigenvalue weighted by molar-refractivity contribution is -0.132. The van der Waals surface area contributed by atoms with E-state index in [0.717, 1.165) is 22.0 Å². The van der Waals surface area contributed by atoms with E-state index >= 15 is 0 Å². The number of aromatic nitrogens is 1. The molecule has 0 unspecified atom stereocenters. The lowest BCUT2D eigenvalue weighted by Crippen LogP contribution is -2.46. The number of rotatable bonds is 13. The highest BCUT2D eigenvalue weighted by molar-refractivity contribution is 5.92. The third kappa shape index (κ3) is 7.33. The van der Waals surface area contributed by atoms with Crippen LogP contribution in [0, 0.1) is 0 Å². The zero-order valence-electron chi connectivity index (χ0n) is 23.2. The molecule has 210 valence electrons. The minimum Gasteiger partial charge on any atom is -0.497 e. The Morgan fingerprint density at radius 3 is 2.45 bits per heavy atom. The van der Waals surface area contributed by atoms with Crippen molar-refractivity contribution in [2.24, 2.45) is 0 Å². The zero-order chi connectivity index (χ0) is 28.3. The number of urea groups is 1. The molecule has 0 fully saturated rings. The van der Waals surface area contributed by atoms with Crippen LogP contribution in [-0.2, 0) is 22.5 Å². The molecule has 4 rings (SSSR count). The summed E-state index contributed by atoms with van der Waals surface area (Å²) in [6.45, 7) is 1.25. The average Bonchev–Trinajstić information content (AvgIpc) is 3.40. The Bertz CT molecular complexity index is 1420. The number of nitrogens with zero attached hydrogens (tertiary/aromatic N) is 2. The van der Waals surface area contributed by atoms with Crippen LogP contribution < -0.4 is 14.8 Å². The van der Waals surface area contributed by atoms with Gasteiger partial charge in [-0.2, -0.15) is 0 Å². The molecule has 4 aromatic rings. The molecular formula is C31H36N4O5. The summed E-state index contributed by atoms with van der Waals surface area (Å²) in [6, 6.07) is 22.4. The molecule has 0 spiro atoms. The van der Waals surface area contributed by atoms with Gasteiger partial charge in [-0.15, -0.1) is 0 Å². The van der Waals surface area contributed by atoms with Gasteiger partial charge in [0, 0.05) is 61.2 Å². The number of hydrogen-bond acceptors (Lipinski definition) is 5. The van der Waals surface area contributed by atoms with Crippen LogP contribution >= 0.6 is 0 Å². The first-order chi connectivity index (χ1) is 19.5. The molecule has 0 saturated carbocycles. The number of carbonyl (C=O) groups excluding carboxylic acids is 2. The predicted octanol–water partition coefficient (Wildman–Crippen LogP) is 4.94. The summed E-state index contributed by atoms with van der Waals surface area (Å²) >= 11 is 0. The van der Waals surface area contributed by atoms with E-state index in [1.165, 1.54) is 4.90 Å². The van der Waals surface area contributed by atoms with Gasteiger partial charge in [-0.05, 0) is 36.2 Å². The normalized spacial score (nSPS) is 10.8. The van der Waals surface area contributed by atoms with Crippen LogP contribution in [0.15, 0.2) is 79.0 Å². The second kappa shape index (κ2) is 14.0. The molecule has 9 nitrogen and oxygen atoms in total. The first-order valence-electron chi connectivity index (χ1n) is 13.2. The monoisotopic (exact) mass is 544 g/mol. The Morgan fingerprint density at radius 2 is 1.65 bits per heavy atom. The number of methoxy groups -OCH3 is 3. The van der Waals surface area contributed by atoms with Crippen LogP contribution in [0.4, 0.5) is 10.5 Å². The molecule has 0 bridgehead atoms. The fourth-order valence-electron chi connectivity index (χ4n) is 4.55. The number of hydrogen-bond donors (Lipinski definition) is 2. The average molecular weight is 545 g/mol. The largest absolute Gasteiger partial charge is 0.497 e. The predicted molar refractivity (Wildman–Crippen MR) is 156 cm³/mol. The quantitative estimate of drug-likeness (QED) is 0.249. The van der Waals surface area contributed by atoms with E-state index in [2.05, 4.69) is 16.4 Å². The Labute approximate surface area is 234 Å². The number of para-hydroxylation sites is 2. The number of carbonyl (C=O) groups is 2. The molecule has 2 N–H and O–H groups in total. The van der Waals surface area contributed by atoms with E-state index in [1.807, 2.05) is 48.7 Å². The van der Waals surface area contributed by atoms with Crippen LogP contribution in [-0.4, -0.2) is 74.3 Å². The third-order valence-corrected chi connectivity index (χ3v) is 6.73. The van der Waals surface area contributed by atoms with Crippen molar-refractivity contribution >= 4 is 28.5 Å². The molecule has 1 aromatic heterocycles. The van der Waals surface area contributed by atoms with Crippen molar-refractivity contribution in [1.82, 2.24) is 14.8 Å². The third-order valence-electron chi connectivity index (χ3n) is 6.73. The molecule has 0 saturated heterocycles. The van der Waals surface area contributed by atoms with Gasteiger partial charge < -0.3 is 34.3 Å². The zero-order valence-corrected chi connectivity index (χ0v) is 23.2. The maximum absolute atomic E-state index is 13.8. The first kappa shape index (κ1) is 28.5. The summed E-state index contributed by atoms with van der Waals surface area (Å²) < 4.78 is 16.0. The van der Waals surface area contributed by atoms with E-state index < -0.39 is 6.03 Å². The van der Waals surface area contributed by atoms with Crippen molar-refractivity contribution in [3.8, 4) is 11.5 Å². The fourth-order valence-corrected chi connectivity index (χ4v) is 4.55. The van der Waals surface area contributed by atoms with E-state index in [0.29, 0.717) is 43.3 Å². The first-order valence-corrected chi connectivity index (χ1v) is 13.2. The fraction of sp³-hybridized carbons (Fsp3) is 0.290. The Balaban J connectivity index is 1.53. The van der Waals surface area contributed by atoms with E-state index in [-0.39, 0.29) is 19.0 Å². The van der Waals surface area contributed by atoms with Crippen LogP contribution in [0.1, 0.15) is 11.1 Å². The SMILES string of the molecule is COCCN(CC(=O)N(CCc1c[nH]c2ccccc12)Cc1ccccc1OC)C(=O)Nc1cccc(OC)c1. The van der Waals surface area contributed by atoms with Gasteiger partial charge in [-0.25, -0.2) is 4.79 Å². The molecule has 3 aromatic carbocycles. The Morgan fingerprint density at radius 1 is 0.850 bits per heavy atom. The minimum absolute atomic E-state index is 0.109. The van der Waals surface area contributed by atoms with Crippen molar-refractivity contribution in [2.75, 3.05) is 52.9 Å². The molecule has 9 heteroatoms. The molecule has 0 aliphatic rings. The molecule has 0 aliphatic carbocycles. The standard InChI is InChI=1S/C31H36N4O5/c1-38-18-17-35(31(37)33-25-10-8-11-26(19-25)39-2)22-30(36)34(21-24-9-4-7-14-29(24)40-3)16-15-23-20-32-28-13-6-5-12-27(23)28/h4-14,19-20,32H,15-18,21-22H2,1-3H3,(H,33,37). The van der Waals surface area contributed by atoms with Gasteiger partial charge >= 0.3 is 6.03 Å². The highest BCUT2D eigenvalue weighted by Gasteiger charge is 2.23. The summed E-state index contributed by atoms with van der Waals surface area (Å²) in [7, 11) is 4.75. The maximum atomic E-state index is 13.8. The number of H-pyrrole nitrogens is 1. The molecule has 0 atom stereocenters. The van der Waals surface area contributed by atoms with Gasteiger partial charge in [0.2, 0.25) is 5.91 Å². The van der Waals surface area contributed by atoms with Crippen LogP contribution in [0.2, 0.25) is 0 Å². The summed E-state index contributed by atoms with van der Waals surface area (Å²) in [4.78, 5) is 33.6. The smallest absolute Gasteiger partial charge is 0.322 e. The minimum atomic E-state index is -0.396. The lowest BCUT2D eigenvalue weighted by Gasteiger charge is -2.28. The van der Waals surface area contributed by atoms with E-state index in [9.17, 15) is 9.59 Å². The topological polar surface area (TPSA) is 96.1 Å². The van der Waals surface area contributed by atoms with Crippen molar-refractivity contribution in [3.05, 3.63) is 90.1 Å². The number of benzene rings is 3. The number of amides is 3. The van der Waals surface area contributed by atoms with Crippen molar-refractivity contribution in [2.45, 2.75) is 13.0 Å². The summed E-state index contributed by atoms with van der Waals surface area (Å²) in [6.07, 6.45) is 2.64. The van der Waals surface area contributed by atoms with Crippen molar-refractivity contribution in [1.29, 1.82) is 0 Å². The maximum Gasteiger partial charge on any atom is 0.322 e. The number of aromatic amines is 1. The molecule has 0 aliphatic heterocycles. The lowest BCUT2D eigenvalue weighted by atomic mass is 10.1. The highest BCUT2D eigenvalue weighted by Crippen LogP contribution is 2.22. The molecular weight excluding hydrogens is 508 g/mol. The number of ether oxygens (including phenoxy) is 3. The van der Waals surface area contributed by atoms with E-state index in [4.69, 9.17) is 14.2 Å². The van der Waals surface area contributed by atoms with Crippen molar-refractivity contribution < 1.29 is 23.8 Å². The molecule has 1 heterocycles. The van der Waals surface area contributed by atoms with Crippen LogP contribution in [0.5, 0.6) is 11.5 Å².